The maximum atomic E-state index is 12.7. The monoisotopic (exact) mass is 329 g/mol. The number of carbonyl (C=O) groups excluding carboxylic acids is 1. The molecule has 24 heavy (non-hydrogen) atoms. The Labute approximate surface area is 143 Å². The summed E-state index contributed by atoms with van der Waals surface area (Å²) in [5, 5.41) is 9.26. The molecule has 1 amide bonds. The van der Waals surface area contributed by atoms with Gasteiger partial charge in [-0.2, -0.15) is 0 Å². The van der Waals surface area contributed by atoms with Gasteiger partial charge in [0, 0.05) is 19.0 Å². The highest BCUT2D eigenvalue weighted by molar-refractivity contribution is 5.89. The fourth-order valence-corrected chi connectivity index (χ4v) is 3.82. The van der Waals surface area contributed by atoms with E-state index in [9.17, 15) is 14.7 Å². The van der Waals surface area contributed by atoms with E-state index in [4.69, 9.17) is 0 Å². The van der Waals surface area contributed by atoms with Crippen molar-refractivity contribution in [3.63, 3.8) is 0 Å². The lowest BCUT2D eigenvalue weighted by Crippen LogP contribution is -2.38. The molecule has 4 nitrogen and oxygen atoms in total. The first-order valence-corrected chi connectivity index (χ1v) is 9.26. The smallest absolute Gasteiger partial charge is 0.335 e. The Morgan fingerprint density at radius 1 is 1.04 bits per heavy atom. The molecule has 2 aliphatic carbocycles. The Morgan fingerprint density at radius 3 is 2.42 bits per heavy atom. The van der Waals surface area contributed by atoms with Crippen molar-refractivity contribution in [3.05, 3.63) is 35.4 Å². The molecule has 130 valence electrons. The maximum Gasteiger partial charge on any atom is 0.335 e. The van der Waals surface area contributed by atoms with Crippen molar-refractivity contribution in [2.75, 3.05) is 6.54 Å². The van der Waals surface area contributed by atoms with Crippen molar-refractivity contribution in [2.24, 2.45) is 5.92 Å². The Kier molecular flexibility index (Phi) is 5.54. The van der Waals surface area contributed by atoms with E-state index < -0.39 is 5.97 Å². The summed E-state index contributed by atoms with van der Waals surface area (Å²) in [7, 11) is 0. The Balaban J connectivity index is 1.59. The summed E-state index contributed by atoms with van der Waals surface area (Å²) in [5.74, 6) is -0.0582. The molecular weight excluding hydrogens is 302 g/mol. The van der Waals surface area contributed by atoms with Crippen LogP contribution in [0.5, 0.6) is 0 Å². The average molecular weight is 329 g/mol. The van der Waals surface area contributed by atoms with Crippen LogP contribution in [0.1, 0.15) is 67.3 Å². The SMILES string of the molecule is O=C(O)c1ccccc1CCC(=O)N(CC1CCCCC1)C1CC1. The minimum absolute atomic E-state index is 0.197. The molecule has 0 atom stereocenters. The molecule has 0 saturated heterocycles. The lowest BCUT2D eigenvalue weighted by Gasteiger charge is -2.30. The van der Waals surface area contributed by atoms with Crippen LogP contribution >= 0.6 is 0 Å². The summed E-state index contributed by atoms with van der Waals surface area (Å²) in [4.78, 5) is 26.1. The third kappa shape index (κ3) is 4.37. The van der Waals surface area contributed by atoms with Gasteiger partial charge in [-0.1, -0.05) is 37.5 Å². The van der Waals surface area contributed by atoms with Gasteiger partial charge >= 0.3 is 5.97 Å². The number of hydrogen-bond acceptors (Lipinski definition) is 2. The number of hydrogen-bond donors (Lipinski definition) is 1. The quantitative estimate of drug-likeness (QED) is 0.825. The van der Waals surface area contributed by atoms with Gasteiger partial charge in [-0.25, -0.2) is 4.79 Å². The number of amides is 1. The number of carbonyl (C=O) groups is 2. The van der Waals surface area contributed by atoms with E-state index in [-0.39, 0.29) is 5.91 Å². The van der Waals surface area contributed by atoms with Crippen molar-refractivity contribution < 1.29 is 14.7 Å². The summed E-state index contributed by atoms with van der Waals surface area (Å²) in [6, 6.07) is 7.44. The van der Waals surface area contributed by atoms with Gasteiger partial charge in [0.25, 0.3) is 0 Å². The van der Waals surface area contributed by atoms with Crippen molar-refractivity contribution in [2.45, 2.75) is 63.8 Å². The largest absolute Gasteiger partial charge is 0.478 e. The van der Waals surface area contributed by atoms with Gasteiger partial charge in [-0.05, 0) is 49.7 Å². The summed E-state index contributed by atoms with van der Waals surface area (Å²) < 4.78 is 0. The van der Waals surface area contributed by atoms with Crippen molar-refractivity contribution in [1.82, 2.24) is 4.90 Å². The lowest BCUT2D eigenvalue weighted by atomic mass is 9.89. The molecule has 1 N–H and O–H groups in total. The second-order valence-electron chi connectivity index (χ2n) is 7.24. The number of aryl methyl sites for hydroxylation is 1. The van der Waals surface area contributed by atoms with E-state index >= 15 is 0 Å². The van der Waals surface area contributed by atoms with Gasteiger partial charge in [0.1, 0.15) is 0 Å². The normalized spacial score (nSPS) is 18.3. The lowest BCUT2D eigenvalue weighted by molar-refractivity contribution is -0.132. The third-order valence-corrected chi connectivity index (χ3v) is 5.34. The van der Waals surface area contributed by atoms with Gasteiger partial charge in [0.05, 0.1) is 5.56 Å². The molecular formula is C20H27NO3. The first-order chi connectivity index (χ1) is 11.6. The van der Waals surface area contributed by atoms with Crippen LogP contribution in [-0.4, -0.2) is 34.5 Å². The fraction of sp³-hybridized carbons (Fsp3) is 0.600. The fourth-order valence-electron chi connectivity index (χ4n) is 3.82. The van der Waals surface area contributed by atoms with Crippen LogP contribution in [0.3, 0.4) is 0 Å². The summed E-state index contributed by atoms with van der Waals surface area (Å²) in [5.41, 5.74) is 1.07. The zero-order chi connectivity index (χ0) is 16.9. The molecule has 3 rings (SSSR count). The van der Waals surface area contributed by atoms with Crippen molar-refractivity contribution >= 4 is 11.9 Å². The van der Waals surface area contributed by atoms with Crippen LogP contribution in [0.15, 0.2) is 24.3 Å². The van der Waals surface area contributed by atoms with Crippen LogP contribution in [-0.2, 0) is 11.2 Å². The molecule has 0 heterocycles. The van der Waals surface area contributed by atoms with Crippen LogP contribution in [0.25, 0.3) is 0 Å². The second-order valence-corrected chi connectivity index (χ2v) is 7.24. The van der Waals surface area contributed by atoms with Gasteiger partial charge in [-0.15, -0.1) is 0 Å². The van der Waals surface area contributed by atoms with Gasteiger partial charge in [0.2, 0.25) is 5.91 Å². The average Bonchev–Trinajstić information content (AvgIpc) is 3.43. The molecule has 0 aliphatic heterocycles. The molecule has 1 aromatic carbocycles. The zero-order valence-electron chi connectivity index (χ0n) is 14.2. The number of nitrogens with zero attached hydrogens (tertiary/aromatic N) is 1. The molecule has 0 spiro atoms. The van der Waals surface area contributed by atoms with Gasteiger partial charge in [-0.3, -0.25) is 4.79 Å². The Morgan fingerprint density at radius 2 is 1.75 bits per heavy atom. The highest BCUT2D eigenvalue weighted by atomic mass is 16.4. The van der Waals surface area contributed by atoms with Crippen molar-refractivity contribution in [1.29, 1.82) is 0 Å². The predicted molar refractivity (Wildman–Crippen MR) is 93.0 cm³/mol. The highest BCUT2D eigenvalue weighted by Gasteiger charge is 2.33. The van der Waals surface area contributed by atoms with E-state index in [1.54, 1.807) is 12.1 Å². The molecule has 0 aromatic heterocycles. The maximum absolute atomic E-state index is 12.7. The molecule has 2 saturated carbocycles. The van der Waals surface area contributed by atoms with E-state index in [1.807, 2.05) is 12.1 Å². The Bertz CT molecular complexity index is 588. The number of benzene rings is 1. The first-order valence-electron chi connectivity index (χ1n) is 9.26. The molecule has 4 heteroatoms. The van der Waals surface area contributed by atoms with Crippen LogP contribution in [0, 0.1) is 5.92 Å². The Hall–Kier alpha value is -1.84. The first kappa shape index (κ1) is 17.0. The van der Waals surface area contributed by atoms with E-state index in [0.717, 1.165) is 24.9 Å². The van der Waals surface area contributed by atoms with Crippen LogP contribution < -0.4 is 0 Å². The van der Waals surface area contributed by atoms with Crippen molar-refractivity contribution in [3.8, 4) is 0 Å². The van der Waals surface area contributed by atoms with Gasteiger partial charge < -0.3 is 10.0 Å². The summed E-state index contributed by atoms with van der Waals surface area (Å²) in [6.07, 6.45) is 9.60. The summed E-state index contributed by atoms with van der Waals surface area (Å²) >= 11 is 0. The van der Waals surface area contributed by atoms with E-state index in [0.29, 0.717) is 30.4 Å². The van der Waals surface area contributed by atoms with Gasteiger partial charge in [0.15, 0.2) is 0 Å². The molecule has 2 aliphatic rings. The van der Waals surface area contributed by atoms with E-state index in [1.165, 1.54) is 32.1 Å². The molecule has 0 radical (unpaired) electrons. The summed E-state index contributed by atoms with van der Waals surface area (Å²) in [6.45, 7) is 0.907. The number of aromatic carboxylic acids is 1. The molecule has 1 aromatic rings. The molecule has 2 fully saturated rings. The van der Waals surface area contributed by atoms with E-state index in [2.05, 4.69) is 4.90 Å². The predicted octanol–water partition coefficient (Wildman–Crippen LogP) is 3.89. The minimum atomic E-state index is -0.917. The molecule has 0 unspecified atom stereocenters. The second kappa shape index (κ2) is 7.82. The number of carboxylic acids is 1. The zero-order valence-corrected chi connectivity index (χ0v) is 14.2. The highest BCUT2D eigenvalue weighted by Crippen LogP contribution is 2.32. The number of rotatable bonds is 7. The topological polar surface area (TPSA) is 57.6 Å². The number of carboxylic acid groups (broad SMARTS) is 1. The molecule has 0 bridgehead atoms. The third-order valence-electron chi connectivity index (χ3n) is 5.34. The standard InChI is InChI=1S/C20H27NO3/c22-19(13-10-16-8-4-5-9-18(16)20(23)24)21(17-11-12-17)14-15-6-2-1-3-7-15/h4-5,8-9,15,17H,1-3,6-7,10-14H2,(H,23,24). The van der Waals surface area contributed by atoms with Crippen LogP contribution in [0.4, 0.5) is 0 Å². The minimum Gasteiger partial charge on any atom is -0.478 e. The van der Waals surface area contributed by atoms with Crippen LogP contribution in [0.2, 0.25) is 0 Å².